The second-order valence-corrected chi connectivity index (χ2v) is 4.45. The molecule has 1 atom stereocenters. The molecule has 3 amide bonds. The molecule has 1 aromatic rings. The van der Waals surface area contributed by atoms with E-state index in [0.717, 1.165) is 0 Å². The molecule has 0 radical (unpaired) electrons. The van der Waals surface area contributed by atoms with Crippen molar-refractivity contribution in [3.8, 4) is 5.75 Å². The van der Waals surface area contributed by atoms with E-state index in [2.05, 4.69) is 10.6 Å². The standard InChI is InChI=1S/C13H19N3O3/c1-8(2)11(16-13(14)18)12(17)15-9-4-6-10(19-3)7-5-9/h4-8,11H,1-3H3,(H,15,17)(H3,14,16,18)/t11-/m1/s1. The van der Waals surface area contributed by atoms with Gasteiger partial charge in [-0.25, -0.2) is 4.79 Å². The van der Waals surface area contributed by atoms with Crippen molar-refractivity contribution in [1.82, 2.24) is 5.32 Å². The van der Waals surface area contributed by atoms with Gasteiger partial charge in [0.15, 0.2) is 0 Å². The molecule has 0 unspecified atom stereocenters. The molecule has 1 aromatic carbocycles. The number of hydrogen-bond acceptors (Lipinski definition) is 3. The Kier molecular flexibility index (Phi) is 5.17. The second kappa shape index (κ2) is 6.63. The van der Waals surface area contributed by atoms with Gasteiger partial charge in [0.2, 0.25) is 5.91 Å². The number of ether oxygens (including phenoxy) is 1. The van der Waals surface area contributed by atoms with Gasteiger partial charge in [-0.1, -0.05) is 13.8 Å². The number of benzene rings is 1. The summed E-state index contributed by atoms with van der Waals surface area (Å²) in [5.74, 6) is 0.332. The molecule has 0 aliphatic rings. The average molecular weight is 265 g/mol. The van der Waals surface area contributed by atoms with Crippen LogP contribution in [-0.2, 0) is 4.79 Å². The number of methoxy groups -OCH3 is 1. The molecule has 0 fully saturated rings. The first-order valence-electron chi connectivity index (χ1n) is 5.95. The Hall–Kier alpha value is -2.24. The summed E-state index contributed by atoms with van der Waals surface area (Å²) in [4.78, 5) is 22.9. The van der Waals surface area contributed by atoms with Crippen molar-refractivity contribution >= 4 is 17.6 Å². The van der Waals surface area contributed by atoms with E-state index in [4.69, 9.17) is 10.5 Å². The van der Waals surface area contributed by atoms with Crippen LogP contribution < -0.4 is 21.1 Å². The zero-order chi connectivity index (χ0) is 14.4. The molecule has 1 rings (SSSR count). The first kappa shape index (κ1) is 14.8. The molecule has 6 heteroatoms. The fourth-order valence-electron chi connectivity index (χ4n) is 1.58. The monoisotopic (exact) mass is 265 g/mol. The number of nitrogens with two attached hydrogens (primary N) is 1. The van der Waals surface area contributed by atoms with Gasteiger partial charge in [0, 0.05) is 5.69 Å². The van der Waals surface area contributed by atoms with Crippen molar-refractivity contribution in [2.75, 3.05) is 12.4 Å². The van der Waals surface area contributed by atoms with Crippen molar-refractivity contribution in [3.63, 3.8) is 0 Å². The van der Waals surface area contributed by atoms with Crippen molar-refractivity contribution in [2.45, 2.75) is 19.9 Å². The third-order valence-electron chi connectivity index (χ3n) is 2.60. The molecule has 19 heavy (non-hydrogen) atoms. The SMILES string of the molecule is COc1ccc(NC(=O)[C@H](NC(N)=O)C(C)C)cc1. The highest BCUT2D eigenvalue weighted by Gasteiger charge is 2.23. The van der Waals surface area contributed by atoms with E-state index in [1.165, 1.54) is 0 Å². The molecular weight excluding hydrogens is 246 g/mol. The summed E-state index contributed by atoms with van der Waals surface area (Å²) in [5, 5.41) is 5.14. The first-order chi connectivity index (χ1) is 8.93. The van der Waals surface area contributed by atoms with Crippen molar-refractivity contribution < 1.29 is 14.3 Å². The van der Waals surface area contributed by atoms with Gasteiger partial charge in [0.05, 0.1) is 7.11 Å². The van der Waals surface area contributed by atoms with E-state index >= 15 is 0 Å². The Morgan fingerprint density at radius 1 is 1.21 bits per heavy atom. The van der Waals surface area contributed by atoms with E-state index in [1.54, 1.807) is 31.4 Å². The zero-order valence-electron chi connectivity index (χ0n) is 11.3. The number of carbonyl (C=O) groups excluding carboxylic acids is 2. The Balaban J connectivity index is 2.72. The maximum absolute atomic E-state index is 12.0. The van der Waals surface area contributed by atoms with Crippen LogP contribution in [0.4, 0.5) is 10.5 Å². The summed E-state index contributed by atoms with van der Waals surface area (Å²) in [7, 11) is 1.57. The normalized spacial score (nSPS) is 11.8. The number of nitrogens with one attached hydrogen (secondary N) is 2. The third-order valence-corrected chi connectivity index (χ3v) is 2.60. The topological polar surface area (TPSA) is 93.4 Å². The molecule has 0 saturated heterocycles. The minimum Gasteiger partial charge on any atom is -0.497 e. The van der Waals surface area contributed by atoms with E-state index < -0.39 is 12.1 Å². The Morgan fingerprint density at radius 2 is 1.79 bits per heavy atom. The van der Waals surface area contributed by atoms with Crippen LogP contribution in [0.3, 0.4) is 0 Å². The lowest BCUT2D eigenvalue weighted by atomic mass is 10.0. The lowest BCUT2D eigenvalue weighted by Crippen LogP contribution is -2.49. The number of urea groups is 1. The van der Waals surface area contributed by atoms with Crippen LogP contribution in [0.1, 0.15) is 13.8 Å². The summed E-state index contributed by atoms with van der Waals surface area (Å²) in [5.41, 5.74) is 5.68. The number of amides is 3. The Bertz CT molecular complexity index is 443. The van der Waals surface area contributed by atoms with E-state index in [-0.39, 0.29) is 11.8 Å². The number of rotatable bonds is 5. The maximum Gasteiger partial charge on any atom is 0.312 e. The van der Waals surface area contributed by atoms with Crippen molar-refractivity contribution in [3.05, 3.63) is 24.3 Å². The number of hydrogen-bond donors (Lipinski definition) is 3. The molecule has 0 heterocycles. The molecule has 6 nitrogen and oxygen atoms in total. The van der Waals surface area contributed by atoms with Gasteiger partial charge < -0.3 is 21.1 Å². The van der Waals surface area contributed by atoms with Crippen molar-refractivity contribution in [2.24, 2.45) is 11.7 Å². The summed E-state index contributed by atoms with van der Waals surface area (Å²) in [6.07, 6.45) is 0. The summed E-state index contributed by atoms with van der Waals surface area (Å²) >= 11 is 0. The summed E-state index contributed by atoms with van der Waals surface area (Å²) < 4.78 is 5.03. The summed E-state index contributed by atoms with van der Waals surface area (Å²) in [6.45, 7) is 3.66. The predicted molar refractivity (Wildman–Crippen MR) is 73.0 cm³/mol. The molecule has 0 aliphatic heterocycles. The largest absolute Gasteiger partial charge is 0.497 e. The van der Waals surface area contributed by atoms with Gasteiger partial charge >= 0.3 is 6.03 Å². The second-order valence-electron chi connectivity index (χ2n) is 4.45. The minimum atomic E-state index is -0.719. The molecule has 4 N–H and O–H groups in total. The maximum atomic E-state index is 12.0. The van der Waals surface area contributed by atoms with Gasteiger partial charge in [-0.05, 0) is 30.2 Å². The highest BCUT2D eigenvalue weighted by Crippen LogP contribution is 2.15. The van der Waals surface area contributed by atoms with Gasteiger partial charge in [0.1, 0.15) is 11.8 Å². The van der Waals surface area contributed by atoms with Gasteiger partial charge in [0.25, 0.3) is 0 Å². The smallest absolute Gasteiger partial charge is 0.312 e. The summed E-state index contributed by atoms with van der Waals surface area (Å²) in [6, 6.07) is 5.53. The van der Waals surface area contributed by atoms with Crippen LogP contribution in [0.15, 0.2) is 24.3 Å². The lowest BCUT2D eigenvalue weighted by molar-refractivity contribution is -0.118. The number of primary amides is 1. The fraction of sp³-hybridized carbons (Fsp3) is 0.385. The molecule has 0 bridgehead atoms. The Morgan fingerprint density at radius 3 is 2.21 bits per heavy atom. The van der Waals surface area contributed by atoms with Crippen LogP contribution in [0.25, 0.3) is 0 Å². The lowest BCUT2D eigenvalue weighted by Gasteiger charge is -2.20. The van der Waals surface area contributed by atoms with Gasteiger partial charge in [-0.3, -0.25) is 4.79 Å². The van der Waals surface area contributed by atoms with Crippen LogP contribution in [0.5, 0.6) is 5.75 Å². The van der Waals surface area contributed by atoms with E-state index in [9.17, 15) is 9.59 Å². The van der Waals surface area contributed by atoms with Crippen molar-refractivity contribution in [1.29, 1.82) is 0 Å². The molecule has 0 aromatic heterocycles. The number of anilines is 1. The minimum absolute atomic E-state index is 0.0641. The third kappa shape index (κ3) is 4.50. The molecule has 0 spiro atoms. The van der Waals surface area contributed by atoms with E-state index in [1.807, 2.05) is 13.8 Å². The fourth-order valence-corrected chi connectivity index (χ4v) is 1.58. The van der Waals surface area contributed by atoms with Crippen LogP contribution in [-0.4, -0.2) is 25.1 Å². The van der Waals surface area contributed by atoms with Crippen LogP contribution in [0, 0.1) is 5.92 Å². The molecular formula is C13H19N3O3. The average Bonchev–Trinajstić information content (AvgIpc) is 2.36. The first-order valence-corrected chi connectivity index (χ1v) is 5.95. The molecule has 0 saturated carbocycles. The molecule has 0 aliphatic carbocycles. The Labute approximate surface area is 112 Å². The predicted octanol–water partition coefficient (Wildman–Crippen LogP) is 1.33. The van der Waals surface area contributed by atoms with Crippen LogP contribution in [0.2, 0.25) is 0 Å². The number of carbonyl (C=O) groups is 2. The zero-order valence-corrected chi connectivity index (χ0v) is 11.3. The van der Waals surface area contributed by atoms with Crippen LogP contribution >= 0.6 is 0 Å². The molecule has 104 valence electrons. The van der Waals surface area contributed by atoms with Gasteiger partial charge in [-0.2, -0.15) is 0 Å². The highest BCUT2D eigenvalue weighted by atomic mass is 16.5. The quantitative estimate of drug-likeness (QED) is 0.749. The van der Waals surface area contributed by atoms with E-state index in [0.29, 0.717) is 11.4 Å². The van der Waals surface area contributed by atoms with Gasteiger partial charge in [-0.15, -0.1) is 0 Å². The highest BCUT2D eigenvalue weighted by molar-refractivity contribution is 5.97.